The van der Waals surface area contributed by atoms with Crippen molar-refractivity contribution < 1.29 is 9.66 Å². The van der Waals surface area contributed by atoms with Gasteiger partial charge in [-0.25, -0.2) is 9.97 Å². The maximum Gasteiger partial charge on any atom is 0.353 e. The number of nitrogens with zero attached hydrogens (tertiary/aromatic N) is 3. The molecule has 0 spiro atoms. The first-order chi connectivity index (χ1) is 13.5. The second-order valence-electron chi connectivity index (χ2n) is 5.82. The number of nitrogens with one attached hydrogen (secondary N) is 2. The van der Waals surface area contributed by atoms with Crippen LogP contribution in [0, 0.1) is 17.0 Å². The lowest BCUT2D eigenvalue weighted by atomic mass is 10.2. The molecule has 3 aromatic rings. The van der Waals surface area contributed by atoms with E-state index in [1.54, 1.807) is 30.3 Å². The van der Waals surface area contributed by atoms with Crippen molar-refractivity contribution in [2.75, 3.05) is 17.2 Å². The molecule has 0 bridgehead atoms. The Kier molecular flexibility index (Phi) is 5.90. The summed E-state index contributed by atoms with van der Waals surface area (Å²) in [4.78, 5) is 19.3. The van der Waals surface area contributed by atoms with Crippen molar-refractivity contribution in [2.24, 2.45) is 0 Å². The van der Waals surface area contributed by atoms with Gasteiger partial charge in [-0.3, -0.25) is 10.1 Å². The van der Waals surface area contributed by atoms with Gasteiger partial charge < -0.3 is 15.4 Å². The number of ether oxygens (including phenoxy) is 1. The highest BCUT2D eigenvalue weighted by molar-refractivity contribution is 6.30. The van der Waals surface area contributed by atoms with Crippen molar-refractivity contribution in [3.8, 4) is 5.75 Å². The number of anilines is 4. The standard InChI is InChI=1S/C19H18ClN5O3/c1-3-28-16-7-5-4-6-14(16)23-18-17(25(26)27)19(22-11-21-18)24-15-10-13(20)9-8-12(15)2/h4-11H,3H2,1-2H3,(H2,21,22,23,24). The van der Waals surface area contributed by atoms with E-state index in [2.05, 4.69) is 20.6 Å². The average Bonchev–Trinajstić information content (AvgIpc) is 2.66. The van der Waals surface area contributed by atoms with Crippen LogP contribution in [0.4, 0.5) is 28.7 Å². The third-order valence-electron chi connectivity index (χ3n) is 3.90. The molecule has 0 aliphatic carbocycles. The van der Waals surface area contributed by atoms with E-state index in [-0.39, 0.29) is 17.3 Å². The van der Waals surface area contributed by atoms with E-state index >= 15 is 0 Å². The van der Waals surface area contributed by atoms with Crippen LogP contribution in [-0.2, 0) is 0 Å². The van der Waals surface area contributed by atoms with Crippen LogP contribution in [0.5, 0.6) is 5.75 Å². The zero-order chi connectivity index (χ0) is 20.1. The molecule has 0 unspecified atom stereocenters. The molecular weight excluding hydrogens is 382 g/mol. The molecule has 0 saturated heterocycles. The summed E-state index contributed by atoms with van der Waals surface area (Å²) >= 11 is 6.04. The molecule has 0 saturated carbocycles. The summed E-state index contributed by atoms with van der Waals surface area (Å²) in [6.45, 7) is 4.19. The zero-order valence-electron chi connectivity index (χ0n) is 15.3. The van der Waals surface area contributed by atoms with E-state index in [0.29, 0.717) is 28.8 Å². The SMILES string of the molecule is CCOc1ccccc1Nc1ncnc(Nc2cc(Cl)ccc2C)c1[N+](=O)[O-]. The van der Waals surface area contributed by atoms with Crippen molar-refractivity contribution in [2.45, 2.75) is 13.8 Å². The number of para-hydroxylation sites is 2. The van der Waals surface area contributed by atoms with Crippen molar-refractivity contribution in [1.82, 2.24) is 9.97 Å². The van der Waals surface area contributed by atoms with Gasteiger partial charge in [-0.2, -0.15) is 0 Å². The molecular formula is C19H18ClN5O3. The van der Waals surface area contributed by atoms with Gasteiger partial charge in [0.05, 0.1) is 17.2 Å². The summed E-state index contributed by atoms with van der Waals surface area (Å²) in [6.07, 6.45) is 1.25. The van der Waals surface area contributed by atoms with Gasteiger partial charge in [-0.15, -0.1) is 0 Å². The van der Waals surface area contributed by atoms with E-state index in [1.165, 1.54) is 6.33 Å². The highest BCUT2D eigenvalue weighted by Crippen LogP contribution is 2.36. The lowest BCUT2D eigenvalue weighted by Crippen LogP contribution is -2.07. The topological polar surface area (TPSA) is 102 Å². The first kappa shape index (κ1) is 19.4. The van der Waals surface area contributed by atoms with Crippen molar-refractivity contribution in [3.05, 3.63) is 69.5 Å². The van der Waals surface area contributed by atoms with Crippen molar-refractivity contribution in [3.63, 3.8) is 0 Å². The predicted octanol–water partition coefficient (Wildman–Crippen LogP) is 5.23. The Hall–Kier alpha value is -3.39. The van der Waals surface area contributed by atoms with Crippen LogP contribution in [0.15, 0.2) is 48.8 Å². The summed E-state index contributed by atoms with van der Waals surface area (Å²) < 4.78 is 5.56. The Labute approximate surface area is 166 Å². The quantitative estimate of drug-likeness (QED) is 0.414. The molecule has 0 aliphatic heterocycles. The summed E-state index contributed by atoms with van der Waals surface area (Å²) in [5.74, 6) is 0.675. The molecule has 3 rings (SSSR count). The van der Waals surface area contributed by atoms with Gasteiger partial charge in [0, 0.05) is 10.7 Å². The van der Waals surface area contributed by atoms with Crippen LogP contribution in [0.2, 0.25) is 5.02 Å². The van der Waals surface area contributed by atoms with Gasteiger partial charge in [0.1, 0.15) is 12.1 Å². The molecule has 9 heteroatoms. The Balaban J connectivity index is 2.01. The van der Waals surface area contributed by atoms with E-state index in [9.17, 15) is 10.1 Å². The number of rotatable bonds is 7. The maximum atomic E-state index is 11.8. The summed E-state index contributed by atoms with van der Waals surface area (Å²) in [6, 6.07) is 12.4. The van der Waals surface area contributed by atoms with Crippen LogP contribution in [0.3, 0.4) is 0 Å². The third kappa shape index (κ3) is 4.29. The number of aromatic nitrogens is 2. The first-order valence-corrected chi connectivity index (χ1v) is 8.88. The fraction of sp³-hybridized carbons (Fsp3) is 0.158. The molecule has 1 aromatic heterocycles. The van der Waals surface area contributed by atoms with Gasteiger partial charge in [0.15, 0.2) is 0 Å². The Morgan fingerprint density at radius 2 is 1.79 bits per heavy atom. The Morgan fingerprint density at radius 1 is 1.11 bits per heavy atom. The van der Waals surface area contributed by atoms with Crippen LogP contribution in [0.25, 0.3) is 0 Å². The molecule has 0 atom stereocenters. The van der Waals surface area contributed by atoms with E-state index in [4.69, 9.17) is 16.3 Å². The fourth-order valence-electron chi connectivity index (χ4n) is 2.57. The minimum atomic E-state index is -0.534. The Bertz CT molecular complexity index is 1010. The minimum Gasteiger partial charge on any atom is -0.492 e. The maximum absolute atomic E-state index is 11.8. The van der Waals surface area contributed by atoms with Gasteiger partial charge in [-0.05, 0) is 43.7 Å². The largest absolute Gasteiger partial charge is 0.492 e. The van der Waals surface area contributed by atoms with Crippen molar-refractivity contribution in [1.29, 1.82) is 0 Å². The average molecular weight is 400 g/mol. The summed E-state index contributed by atoms with van der Waals surface area (Å²) in [7, 11) is 0. The molecule has 144 valence electrons. The molecule has 1 heterocycles. The number of hydrogen-bond acceptors (Lipinski definition) is 7. The summed E-state index contributed by atoms with van der Waals surface area (Å²) in [5, 5.41) is 18.2. The zero-order valence-corrected chi connectivity index (χ0v) is 16.0. The second-order valence-corrected chi connectivity index (χ2v) is 6.25. The van der Waals surface area contributed by atoms with Gasteiger partial charge in [0.2, 0.25) is 11.6 Å². The van der Waals surface area contributed by atoms with E-state index in [0.717, 1.165) is 5.56 Å². The van der Waals surface area contributed by atoms with Crippen LogP contribution in [-0.4, -0.2) is 21.5 Å². The predicted molar refractivity (Wildman–Crippen MR) is 109 cm³/mol. The smallest absolute Gasteiger partial charge is 0.353 e. The highest BCUT2D eigenvalue weighted by atomic mass is 35.5. The summed E-state index contributed by atoms with van der Waals surface area (Å²) in [5.41, 5.74) is 1.77. The lowest BCUT2D eigenvalue weighted by Gasteiger charge is -2.14. The van der Waals surface area contributed by atoms with Crippen LogP contribution < -0.4 is 15.4 Å². The van der Waals surface area contributed by atoms with E-state index < -0.39 is 4.92 Å². The highest BCUT2D eigenvalue weighted by Gasteiger charge is 2.24. The molecule has 0 radical (unpaired) electrons. The molecule has 0 aliphatic rings. The molecule has 2 aromatic carbocycles. The monoisotopic (exact) mass is 399 g/mol. The van der Waals surface area contributed by atoms with Crippen LogP contribution >= 0.6 is 11.6 Å². The Morgan fingerprint density at radius 3 is 2.46 bits per heavy atom. The second kappa shape index (κ2) is 8.53. The number of nitro groups is 1. The molecule has 28 heavy (non-hydrogen) atoms. The van der Waals surface area contributed by atoms with Gasteiger partial charge in [0.25, 0.3) is 0 Å². The number of hydrogen-bond donors (Lipinski definition) is 2. The molecule has 0 fully saturated rings. The minimum absolute atomic E-state index is 0.0503. The molecule has 2 N–H and O–H groups in total. The number of benzene rings is 2. The van der Waals surface area contributed by atoms with Gasteiger partial charge in [-0.1, -0.05) is 29.8 Å². The first-order valence-electron chi connectivity index (χ1n) is 8.51. The van der Waals surface area contributed by atoms with Gasteiger partial charge >= 0.3 is 5.69 Å². The molecule has 0 amide bonds. The van der Waals surface area contributed by atoms with Crippen molar-refractivity contribution >= 4 is 40.3 Å². The fourth-order valence-corrected chi connectivity index (χ4v) is 2.74. The van der Waals surface area contributed by atoms with E-state index in [1.807, 2.05) is 26.0 Å². The number of aryl methyl sites for hydroxylation is 1. The number of halogens is 1. The van der Waals surface area contributed by atoms with Crippen LogP contribution in [0.1, 0.15) is 12.5 Å². The molecule has 8 nitrogen and oxygen atoms in total. The third-order valence-corrected chi connectivity index (χ3v) is 4.13. The lowest BCUT2D eigenvalue weighted by molar-refractivity contribution is -0.383. The normalized spacial score (nSPS) is 10.4.